The maximum Gasteiger partial charge on any atom is 0.108 e. The van der Waals surface area contributed by atoms with Crippen LogP contribution in [0.25, 0.3) is 16.3 Å². The molecule has 1 unspecified atom stereocenters. The van der Waals surface area contributed by atoms with Crippen LogP contribution >= 0.6 is 11.9 Å². The Labute approximate surface area is 169 Å². The average molecular weight is 400 g/mol. The largest absolute Gasteiger partial charge is 0.394 e. The van der Waals surface area contributed by atoms with Gasteiger partial charge in [0.2, 0.25) is 0 Å². The van der Waals surface area contributed by atoms with Gasteiger partial charge in [-0.05, 0) is 59.0 Å². The molecule has 1 aliphatic heterocycles. The number of ether oxygens (including phenoxy) is 1. The number of nitrogens with one attached hydrogen (secondary N) is 1. The van der Waals surface area contributed by atoms with Crippen LogP contribution in [-0.4, -0.2) is 55.8 Å². The van der Waals surface area contributed by atoms with E-state index in [1.165, 1.54) is 17.6 Å². The lowest BCUT2D eigenvalue weighted by molar-refractivity contribution is 0.0994. The third kappa shape index (κ3) is 5.04. The van der Waals surface area contributed by atoms with Crippen LogP contribution in [0, 0.1) is 11.3 Å². The average Bonchev–Trinajstić information content (AvgIpc) is 2.76. The summed E-state index contributed by atoms with van der Waals surface area (Å²) >= 11 is 1.17. The van der Waals surface area contributed by atoms with Gasteiger partial charge < -0.3 is 19.8 Å². The minimum Gasteiger partial charge on any atom is -0.394 e. The molecule has 0 radical (unpaired) electrons. The summed E-state index contributed by atoms with van der Waals surface area (Å²) in [4.78, 5) is 2.87. The number of hydrogen-bond acceptors (Lipinski definition) is 7. The molecule has 0 amide bonds. The molecule has 1 heterocycles. The van der Waals surface area contributed by atoms with Crippen molar-refractivity contribution in [2.24, 2.45) is 0 Å². The summed E-state index contributed by atoms with van der Waals surface area (Å²) in [5.41, 5.74) is 3.06. The second kappa shape index (κ2) is 9.92. The number of fused-ring (bicyclic) bond motifs is 1. The van der Waals surface area contributed by atoms with Gasteiger partial charge in [0.25, 0.3) is 0 Å². The summed E-state index contributed by atoms with van der Waals surface area (Å²) in [7, 11) is 0. The van der Waals surface area contributed by atoms with Crippen molar-refractivity contribution in [3.8, 4) is 6.07 Å². The molecule has 1 atom stereocenters. The molecule has 2 aromatic rings. The molecule has 0 saturated carbocycles. The molecule has 3 N–H and O–H groups in total. The van der Waals surface area contributed by atoms with Crippen molar-refractivity contribution < 1.29 is 14.9 Å². The summed E-state index contributed by atoms with van der Waals surface area (Å²) in [5.74, 6) is 0. The fourth-order valence-electron chi connectivity index (χ4n) is 3.07. The molecule has 3 rings (SSSR count). The maximum atomic E-state index is 9.48. The fourth-order valence-corrected chi connectivity index (χ4v) is 3.81. The Morgan fingerprint density at radius 2 is 1.96 bits per heavy atom. The van der Waals surface area contributed by atoms with Crippen molar-refractivity contribution in [2.75, 3.05) is 44.4 Å². The van der Waals surface area contributed by atoms with Crippen molar-refractivity contribution in [1.82, 2.24) is 4.72 Å². The number of nitriles is 1. The minimum absolute atomic E-state index is 0.210. The first-order valence-electron chi connectivity index (χ1n) is 9.29. The molecule has 2 aromatic carbocycles. The highest BCUT2D eigenvalue weighted by molar-refractivity contribution is 8.01. The first-order valence-corrected chi connectivity index (χ1v) is 10.1. The van der Waals surface area contributed by atoms with Gasteiger partial charge in [0.15, 0.2) is 0 Å². The van der Waals surface area contributed by atoms with E-state index < -0.39 is 6.10 Å². The van der Waals surface area contributed by atoms with Crippen LogP contribution in [0.3, 0.4) is 0 Å². The highest BCUT2D eigenvalue weighted by Crippen LogP contribution is 2.29. The summed E-state index contributed by atoms with van der Waals surface area (Å²) in [6.07, 6.45) is -0.839. The summed E-state index contributed by atoms with van der Waals surface area (Å²) in [6.45, 7) is 5.16. The predicted molar refractivity (Wildman–Crippen MR) is 114 cm³/mol. The van der Waals surface area contributed by atoms with Crippen LogP contribution in [0.2, 0.25) is 0 Å². The minimum atomic E-state index is -0.839. The molecule has 7 heteroatoms. The van der Waals surface area contributed by atoms with E-state index >= 15 is 0 Å². The SMILES string of the molecule is C/C(=C(/C#N)SNCC(O)CO)c1ccc2cc(N3CCOCC3)ccc2c1. The molecule has 0 aliphatic carbocycles. The molecule has 0 aromatic heterocycles. The normalized spacial score (nSPS) is 16.6. The first-order chi connectivity index (χ1) is 13.6. The number of benzene rings is 2. The molecule has 0 spiro atoms. The molecular formula is C21H25N3O3S. The van der Waals surface area contributed by atoms with E-state index in [0.717, 1.165) is 48.2 Å². The van der Waals surface area contributed by atoms with Crippen LogP contribution in [0.15, 0.2) is 41.3 Å². The quantitative estimate of drug-likeness (QED) is 0.487. The highest BCUT2D eigenvalue weighted by atomic mass is 32.2. The highest BCUT2D eigenvalue weighted by Gasteiger charge is 2.12. The molecule has 1 saturated heterocycles. The van der Waals surface area contributed by atoms with E-state index in [1.807, 2.05) is 13.0 Å². The van der Waals surface area contributed by atoms with Crippen molar-refractivity contribution in [3.63, 3.8) is 0 Å². The second-order valence-electron chi connectivity index (χ2n) is 6.70. The van der Waals surface area contributed by atoms with Crippen molar-refractivity contribution in [2.45, 2.75) is 13.0 Å². The van der Waals surface area contributed by atoms with E-state index in [4.69, 9.17) is 9.84 Å². The number of aliphatic hydroxyl groups is 2. The Kier molecular flexibility index (Phi) is 7.31. The zero-order chi connectivity index (χ0) is 19.9. The molecule has 28 heavy (non-hydrogen) atoms. The zero-order valence-electron chi connectivity index (χ0n) is 15.9. The van der Waals surface area contributed by atoms with Crippen molar-refractivity contribution >= 4 is 34.0 Å². The van der Waals surface area contributed by atoms with Gasteiger partial charge in [0, 0.05) is 25.3 Å². The third-order valence-corrected chi connectivity index (χ3v) is 5.69. The third-order valence-electron chi connectivity index (χ3n) is 4.78. The van der Waals surface area contributed by atoms with Gasteiger partial charge >= 0.3 is 0 Å². The summed E-state index contributed by atoms with van der Waals surface area (Å²) < 4.78 is 8.35. The first kappa shape index (κ1) is 20.6. The molecule has 6 nitrogen and oxygen atoms in total. The molecule has 1 fully saturated rings. The van der Waals surface area contributed by atoms with E-state index in [0.29, 0.717) is 4.91 Å². The van der Waals surface area contributed by atoms with E-state index in [9.17, 15) is 10.4 Å². The van der Waals surface area contributed by atoms with Gasteiger partial charge in [-0.25, -0.2) is 0 Å². The van der Waals surface area contributed by atoms with E-state index in [-0.39, 0.29) is 13.2 Å². The molecule has 148 valence electrons. The smallest absolute Gasteiger partial charge is 0.108 e. The molecule has 1 aliphatic rings. The van der Waals surface area contributed by atoms with Crippen molar-refractivity contribution in [1.29, 1.82) is 5.26 Å². The van der Waals surface area contributed by atoms with Crippen LogP contribution in [0.5, 0.6) is 0 Å². The fraction of sp³-hybridized carbons (Fsp3) is 0.381. The van der Waals surface area contributed by atoms with Crippen molar-refractivity contribution in [3.05, 3.63) is 46.9 Å². The number of hydrogen-bond donors (Lipinski definition) is 3. The standard InChI is InChI=1S/C21H25N3O3S/c1-15(21(12-22)28-23-13-20(26)14-25)16-2-3-18-11-19(5-4-17(18)10-16)24-6-8-27-9-7-24/h2-5,10-11,20,23,25-26H,6-9,13-14H2,1H3/b21-15+. The second-order valence-corrected chi connectivity index (χ2v) is 7.60. The Bertz CT molecular complexity index is 888. The Morgan fingerprint density at radius 3 is 2.68 bits per heavy atom. The number of aliphatic hydroxyl groups excluding tert-OH is 2. The number of anilines is 1. The summed E-state index contributed by atoms with van der Waals surface area (Å²) in [5, 5.41) is 30.0. The molecule has 0 bridgehead atoms. The Hall–Kier alpha value is -2.08. The van der Waals surface area contributed by atoms with Gasteiger partial charge in [0.1, 0.15) is 11.0 Å². The van der Waals surface area contributed by atoms with Crippen LogP contribution in [0.4, 0.5) is 5.69 Å². The lowest BCUT2D eigenvalue weighted by Crippen LogP contribution is -2.36. The predicted octanol–water partition coefficient (Wildman–Crippen LogP) is 2.52. The number of allylic oxidation sites excluding steroid dienone is 2. The Balaban J connectivity index is 1.79. The van der Waals surface area contributed by atoms with Gasteiger partial charge in [-0.15, -0.1) is 0 Å². The van der Waals surface area contributed by atoms with Crippen LogP contribution in [-0.2, 0) is 4.74 Å². The van der Waals surface area contributed by atoms with Gasteiger partial charge in [-0.1, -0.05) is 18.2 Å². The Morgan fingerprint density at radius 1 is 1.25 bits per heavy atom. The van der Waals surface area contributed by atoms with Crippen LogP contribution in [0.1, 0.15) is 12.5 Å². The van der Waals surface area contributed by atoms with Gasteiger partial charge in [-0.2, -0.15) is 5.26 Å². The van der Waals surface area contributed by atoms with E-state index in [2.05, 4.69) is 46.0 Å². The zero-order valence-corrected chi connectivity index (χ0v) is 16.7. The van der Waals surface area contributed by atoms with E-state index in [1.54, 1.807) is 0 Å². The summed E-state index contributed by atoms with van der Waals surface area (Å²) in [6, 6.07) is 14.9. The van der Waals surface area contributed by atoms with Crippen LogP contribution < -0.4 is 9.62 Å². The maximum absolute atomic E-state index is 9.48. The lowest BCUT2D eigenvalue weighted by atomic mass is 10.0. The lowest BCUT2D eigenvalue weighted by Gasteiger charge is -2.29. The number of rotatable bonds is 7. The molecular weight excluding hydrogens is 374 g/mol. The number of morpholine rings is 1. The van der Waals surface area contributed by atoms with Gasteiger partial charge in [0.05, 0.1) is 25.9 Å². The monoisotopic (exact) mass is 399 g/mol. The topological polar surface area (TPSA) is 88.8 Å². The van der Waals surface area contributed by atoms with Gasteiger partial charge in [-0.3, -0.25) is 4.72 Å². The number of nitrogens with zero attached hydrogens (tertiary/aromatic N) is 2.